The van der Waals surface area contributed by atoms with E-state index >= 15 is 0 Å². The molecule has 2 aromatic carbocycles. The number of nitrogens with zero attached hydrogens (tertiary/aromatic N) is 2. The highest BCUT2D eigenvalue weighted by Crippen LogP contribution is 2.31. The van der Waals surface area contributed by atoms with E-state index in [0.717, 1.165) is 17.7 Å². The Bertz CT molecular complexity index is 869. The Morgan fingerprint density at radius 2 is 1.93 bits per heavy atom. The number of fused-ring (bicyclic) bond motifs is 1. The molecule has 1 aliphatic heterocycles. The molecule has 0 radical (unpaired) electrons. The number of nitro groups is 1. The Kier molecular flexibility index (Phi) is 5.75. The first-order valence-electron chi connectivity index (χ1n) is 8.38. The first-order chi connectivity index (χ1) is 13.0. The predicted molar refractivity (Wildman–Crippen MR) is 102 cm³/mol. The van der Waals surface area contributed by atoms with Gasteiger partial charge in [-0.1, -0.05) is 18.2 Å². The van der Waals surface area contributed by atoms with Crippen LogP contribution in [0.2, 0.25) is 0 Å². The fourth-order valence-electron chi connectivity index (χ4n) is 3.01. The Morgan fingerprint density at radius 1 is 1.22 bits per heavy atom. The lowest BCUT2D eigenvalue weighted by Crippen LogP contribution is -2.38. The number of rotatable bonds is 6. The van der Waals surface area contributed by atoms with Gasteiger partial charge in [0.15, 0.2) is 6.61 Å². The summed E-state index contributed by atoms with van der Waals surface area (Å²) in [6.07, 6.45) is 0.784. The number of anilines is 1. The van der Waals surface area contributed by atoms with Gasteiger partial charge in [0.05, 0.1) is 10.7 Å². The number of carbonyl (C=O) groups excluding carboxylic acids is 2. The second-order valence-electron chi connectivity index (χ2n) is 6.15. The summed E-state index contributed by atoms with van der Waals surface area (Å²) in [7, 11) is 0. The summed E-state index contributed by atoms with van der Waals surface area (Å²) in [5.41, 5.74) is 1.97. The van der Waals surface area contributed by atoms with E-state index < -0.39 is 10.9 Å². The van der Waals surface area contributed by atoms with E-state index in [1.165, 1.54) is 23.9 Å². The molecule has 3 rings (SSSR count). The van der Waals surface area contributed by atoms with E-state index in [4.69, 9.17) is 4.74 Å². The maximum Gasteiger partial charge on any atom is 0.316 e. The van der Waals surface area contributed by atoms with E-state index in [9.17, 15) is 19.7 Å². The number of hydrogen-bond acceptors (Lipinski definition) is 6. The van der Waals surface area contributed by atoms with Crippen molar-refractivity contribution in [2.75, 3.05) is 17.3 Å². The summed E-state index contributed by atoms with van der Waals surface area (Å²) in [6.45, 7) is 1.66. The van der Waals surface area contributed by atoms with Crippen molar-refractivity contribution in [2.45, 2.75) is 24.3 Å². The number of hydrogen-bond donors (Lipinski definition) is 0. The first-order valence-corrected chi connectivity index (χ1v) is 9.37. The van der Waals surface area contributed by atoms with Gasteiger partial charge >= 0.3 is 5.97 Å². The van der Waals surface area contributed by atoms with Crippen LogP contribution in [-0.2, 0) is 20.7 Å². The van der Waals surface area contributed by atoms with E-state index in [-0.39, 0.29) is 30.0 Å². The number of para-hydroxylation sites is 1. The first kappa shape index (κ1) is 18.9. The molecule has 1 atom stereocenters. The molecule has 27 heavy (non-hydrogen) atoms. The fourth-order valence-corrected chi connectivity index (χ4v) is 3.70. The highest BCUT2D eigenvalue weighted by molar-refractivity contribution is 8.00. The van der Waals surface area contributed by atoms with E-state index in [2.05, 4.69) is 0 Å². The van der Waals surface area contributed by atoms with Gasteiger partial charge in [0, 0.05) is 28.8 Å². The number of thioether (sulfide) groups is 1. The number of amides is 1. The lowest BCUT2D eigenvalue weighted by Gasteiger charge is -2.22. The zero-order valence-corrected chi connectivity index (χ0v) is 15.5. The second kappa shape index (κ2) is 8.22. The van der Waals surface area contributed by atoms with Gasteiger partial charge in [0.2, 0.25) is 0 Å². The molecule has 140 valence electrons. The number of carbonyl (C=O) groups is 2. The molecular formula is C19H18N2O5S. The van der Waals surface area contributed by atoms with Crippen LogP contribution >= 0.6 is 11.8 Å². The summed E-state index contributed by atoms with van der Waals surface area (Å²) in [5, 5.41) is 10.6. The normalized spacial score (nSPS) is 15.3. The molecular weight excluding hydrogens is 368 g/mol. The Morgan fingerprint density at radius 3 is 2.63 bits per heavy atom. The van der Waals surface area contributed by atoms with Crippen LogP contribution in [0.1, 0.15) is 12.5 Å². The molecule has 1 amide bonds. The van der Waals surface area contributed by atoms with Crippen molar-refractivity contribution in [3.8, 4) is 0 Å². The van der Waals surface area contributed by atoms with Gasteiger partial charge in [-0.2, -0.15) is 0 Å². The quantitative estimate of drug-likeness (QED) is 0.328. The number of non-ortho nitro benzene ring substituents is 1. The molecule has 0 N–H and O–H groups in total. The number of nitro benzene ring substituents is 1. The average Bonchev–Trinajstić information content (AvgIpc) is 3.00. The third-order valence-electron chi connectivity index (χ3n) is 4.24. The fraction of sp³-hybridized carbons (Fsp3) is 0.263. The lowest BCUT2D eigenvalue weighted by molar-refractivity contribution is -0.384. The van der Waals surface area contributed by atoms with Crippen molar-refractivity contribution < 1.29 is 19.2 Å². The van der Waals surface area contributed by atoms with Gasteiger partial charge in [-0.3, -0.25) is 19.7 Å². The minimum absolute atomic E-state index is 0.00691. The molecule has 0 bridgehead atoms. The molecule has 0 fully saturated rings. The van der Waals surface area contributed by atoms with E-state index in [0.29, 0.717) is 4.90 Å². The molecule has 1 heterocycles. The number of ether oxygens (including phenoxy) is 1. The van der Waals surface area contributed by atoms with E-state index in [1.54, 1.807) is 17.0 Å². The van der Waals surface area contributed by atoms with Gasteiger partial charge in [-0.05, 0) is 37.1 Å². The maximum absolute atomic E-state index is 12.5. The molecule has 7 nitrogen and oxygen atoms in total. The van der Waals surface area contributed by atoms with E-state index in [1.807, 2.05) is 31.2 Å². The average molecular weight is 386 g/mol. The van der Waals surface area contributed by atoms with Gasteiger partial charge in [0.1, 0.15) is 0 Å². The van der Waals surface area contributed by atoms with Crippen LogP contribution in [0.25, 0.3) is 0 Å². The van der Waals surface area contributed by atoms with Crippen molar-refractivity contribution in [3.05, 3.63) is 64.2 Å². The molecule has 0 aliphatic carbocycles. The van der Waals surface area contributed by atoms with Crippen molar-refractivity contribution in [3.63, 3.8) is 0 Å². The van der Waals surface area contributed by atoms with Gasteiger partial charge in [-0.15, -0.1) is 11.8 Å². The molecule has 0 saturated carbocycles. The van der Waals surface area contributed by atoms with Crippen LogP contribution in [0.4, 0.5) is 11.4 Å². The Hall–Kier alpha value is -2.87. The van der Waals surface area contributed by atoms with Gasteiger partial charge < -0.3 is 9.64 Å². The van der Waals surface area contributed by atoms with Gasteiger partial charge in [0.25, 0.3) is 11.6 Å². The molecule has 0 unspecified atom stereocenters. The SMILES string of the molecule is C[C@@H]1Cc2ccccc2N1C(=O)COC(=O)CSc1ccc([N+](=O)[O-])cc1. The molecule has 1 aliphatic rings. The van der Waals surface area contributed by atoms with Crippen LogP contribution in [0.5, 0.6) is 0 Å². The standard InChI is InChI=1S/C19H18N2O5S/c1-13-10-14-4-2-3-5-17(14)20(13)18(22)11-26-19(23)12-27-16-8-6-15(7-9-16)21(24)25/h2-9,13H,10-12H2,1H3/t13-/m1/s1. The molecule has 0 spiro atoms. The zero-order chi connectivity index (χ0) is 19.4. The molecule has 0 saturated heterocycles. The molecule has 8 heteroatoms. The molecule has 2 aromatic rings. The second-order valence-corrected chi connectivity index (χ2v) is 7.19. The highest BCUT2D eigenvalue weighted by atomic mass is 32.2. The van der Waals surface area contributed by atoms with Crippen molar-refractivity contribution in [1.29, 1.82) is 0 Å². The zero-order valence-electron chi connectivity index (χ0n) is 14.7. The Balaban J connectivity index is 1.49. The number of benzene rings is 2. The highest BCUT2D eigenvalue weighted by Gasteiger charge is 2.30. The van der Waals surface area contributed by atoms with Crippen LogP contribution in [0.15, 0.2) is 53.4 Å². The number of esters is 1. The van der Waals surface area contributed by atoms with Crippen LogP contribution < -0.4 is 4.90 Å². The van der Waals surface area contributed by atoms with Crippen molar-refractivity contribution in [1.82, 2.24) is 0 Å². The minimum Gasteiger partial charge on any atom is -0.455 e. The van der Waals surface area contributed by atoms with Crippen LogP contribution in [0, 0.1) is 10.1 Å². The largest absolute Gasteiger partial charge is 0.455 e. The predicted octanol–water partition coefficient (Wildman–Crippen LogP) is 3.21. The summed E-state index contributed by atoms with van der Waals surface area (Å²) in [5.74, 6) is -0.731. The topological polar surface area (TPSA) is 89.8 Å². The van der Waals surface area contributed by atoms with Crippen molar-refractivity contribution >= 4 is 35.0 Å². The summed E-state index contributed by atoms with van der Waals surface area (Å²) in [4.78, 5) is 36.9. The minimum atomic E-state index is -0.508. The van der Waals surface area contributed by atoms with Gasteiger partial charge in [-0.25, -0.2) is 0 Å². The summed E-state index contributed by atoms with van der Waals surface area (Å²) >= 11 is 1.20. The molecule has 0 aromatic heterocycles. The summed E-state index contributed by atoms with van der Waals surface area (Å²) in [6, 6.07) is 13.6. The maximum atomic E-state index is 12.5. The summed E-state index contributed by atoms with van der Waals surface area (Å²) < 4.78 is 5.10. The monoisotopic (exact) mass is 386 g/mol. The smallest absolute Gasteiger partial charge is 0.316 e. The third kappa shape index (κ3) is 4.46. The van der Waals surface area contributed by atoms with Crippen LogP contribution in [0.3, 0.4) is 0 Å². The third-order valence-corrected chi connectivity index (χ3v) is 5.22. The Labute approximate surface area is 160 Å². The van der Waals surface area contributed by atoms with Crippen LogP contribution in [-0.4, -0.2) is 35.2 Å². The lowest BCUT2D eigenvalue weighted by atomic mass is 10.1. The van der Waals surface area contributed by atoms with Crippen molar-refractivity contribution in [2.24, 2.45) is 0 Å².